The molecule has 0 rings (SSSR count). The molecule has 0 aromatic carbocycles. The fraction of sp³-hybridized carbons (Fsp3) is 1.00. The Morgan fingerprint density at radius 2 is 1.91 bits per heavy atom. The summed E-state index contributed by atoms with van der Waals surface area (Å²) in [5.74, 6) is 0. The third-order valence-corrected chi connectivity index (χ3v) is 1.52. The van der Waals surface area contributed by atoms with E-state index < -0.39 is 13.2 Å². The van der Waals surface area contributed by atoms with Gasteiger partial charge in [0.1, 0.15) is 0 Å². The van der Waals surface area contributed by atoms with Crippen LogP contribution in [-0.2, 0) is 9.09 Å². The second-order valence-electron chi connectivity index (χ2n) is 3.09. The van der Waals surface area contributed by atoms with Gasteiger partial charge in [-0.05, 0) is 0 Å². The summed E-state index contributed by atoms with van der Waals surface area (Å²) in [6.45, 7) is 2.95. The summed E-state index contributed by atoms with van der Waals surface area (Å²) in [4.78, 5) is 16.6. The van der Waals surface area contributed by atoms with E-state index in [1.165, 1.54) is 0 Å². The van der Waals surface area contributed by atoms with Crippen LogP contribution in [0.15, 0.2) is 0 Å². The monoisotopic (exact) mass is 184 g/mol. The fourth-order valence-electron chi connectivity index (χ4n) is 0.304. The normalized spacial score (nSPS) is 13.5. The van der Waals surface area contributed by atoms with Crippen molar-refractivity contribution in [2.24, 2.45) is 5.41 Å². The Kier molecular flexibility index (Phi) is 3.67. The van der Waals surface area contributed by atoms with E-state index >= 15 is 0 Å². The highest BCUT2D eigenvalue weighted by Crippen LogP contribution is 2.37. The lowest BCUT2D eigenvalue weighted by Crippen LogP contribution is -2.22. The minimum absolute atomic E-state index is 0.159. The summed E-state index contributed by atoms with van der Waals surface area (Å²) in [6, 6.07) is 0. The van der Waals surface area contributed by atoms with Crippen molar-refractivity contribution < 1.29 is 24.0 Å². The predicted octanol–water partition coefficient (Wildman–Crippen LogP) is 0.114. The molecule has 0 unspecified atom stereocenters. The van der Waals surface area contributed by atoms with E-state index in [4.69, 9.17) is 14.9 Å². The zero-order chi connectivity index (χ0) is 9.12. The summed E-state index contributed by atoms with van der Waals surface area (Å²) < 4.78 is 14.4. The van der Waals surface area contributed by atoms with Crippen molar-refractivity contribution in [2.45, 2.75) is 13.8 Å². The molecule has 0 aliphatic rings. The van der Waals surface area contributed by atoms with Crippen LogP contribution in [0.2, 0.25) is 0 Å². The summed E-state index contributed by atoms with van der Waals surface area (Å²) in [5.41, 5.74) is -0.610. The molecule has 6 heteroatoms. The Bertz CT molecular complexity index is 160. The first-order valence-corrected chi connectivity index (χ1v) is 4.61. The van der Waals surface area contributed by atoms with Crippen LogP contribution in [0.1, 0.15) is 13.8 Å². The van der Waals surface area contributed by atoms with Gasteiger partial charge in [-0.15, -0.1) is 0 Å². The first kappa shape index (κ1) is 11.1. The van der Waals surface area contributed by atoms with Crippen molar-refractivity contribution in [3.8, 4) is 0 Å². The second kappa shape index (κ2) is 3.65. The van der Waals surface area contributed by atoms with E-state index in [0.29, 0.717) is 0 Å². The largest absolute Gasteiger partial charge is 0.469 e. The molecular weight excluding hydrogens is 171 g/mol. The molecule has 0 saturated carbocycles. The topological polar surface area (TPSA) is 87.0 Å². The second-order valence-corrected chi connectivity index (χ2v) is 4.33. The number of phosphoric ester groups is 1. The molecule has 0 aromatic rings. The molecule has 0 spiro atoms. The number of hydrogen-bond acceptors (Lipinski definition) is 3. The third-order valence-electron chi connectivity index (χ3n) is 1.05. The highest BCUT2D eigenvalue weighted by atomic mass is 31.2. The molecule has 0 saturated heterocycles. The molecule has 0 atom stereocenters. The van der Waals surface area contributed by atoms with Gasteiger partial charge in [0.05, 0.1) is 13.2 Å². The van der Waals surface area contributed by atoms with Crippen molar-refractivity contribution in [2.75, 3.05) is 13.2 Å². The molecule has 0 bridgehead atoms. The molecule has 0 aliphatic carbocycles. The summed E-state index contributed by atoms with van der Waals surface area (Å²) >= 11 is 0. The SMILES string of the molecule is CC(C)(CO)COP(=O)(O)O. The number of rotatable bonds is 4. The quantitative estimate of drug-likeness (QED) is 0.540. The molecular formula is C5H13O5P. The number of phosphoric acid groups is 1. The highest BCUT2D eigenvalue weighted by Gasteiger charge is 2.22. The van der Waals surface area contributed by atoms with Gasteiger partial charge in [0.25, 0.3) is 0 Å². The van der Waals surface area contributed by atoms with Gasteiger partial charge in [0.2, 0.25) is 0 Å². The van der Waals surface area contributed by atoms with Gasteiger partial charge in [-0.25, -0.2) is 4.57 Å². The molecule has 0 amide bonds. The van der Waals surface area contributed by atoms with E-state index in [-0.39, 0.29) is 13.2 Å². The average molecular weight is 184 g/mol. The molecule has 0 fully saturated rings. The van der Waals surface area contributed by atoms with E-state index in [0.717, 1.165) is 0 Å². The van der Waals surface area contributed by atoms with Gasteiger partial charge in [0, 0.05) is 5.41 Å². The first-order chi connectivity index (χ1) is 4.77. The van der Waals surface area contributed by atoms with E-state index in [2.05, 4.69) is 4.52 Å². The van der Waals surface area contributed by atoms with Crippen LogP contribution in [0.4, 0.5) is 0 Å². The Labute approximate surface area is 65.2 Å². The molecule has 5 nitrogen and oxygen atoms in total. The smallest absolute Gasteiger partial charge is 0.396 e. The van der Waals surface area contributed by atoms with Crippen molar-refractivity contribution in [1.82, 2.24) is 0 Å². The Morgan fingerprint density at radius 1 is 1.45 bits per heavy atom. The first-order valence-electron chi connectivity index (χ1n) is 3.08. The molecule has 11 heavy (non-hydrogen) atoms. The minimum Gasteiger partial charge on any atom is -0.396 e. The summed E-state index contributed by atoms with van der Waals surface area (Å²) in [7, 11) is -4.39. The Morgan fingerprint density at radius 3 is 2.18 bits per heavy atom. The van der Waals surface area contributed by atoms with Gasteiger partial charge in [-0.1, -0.05) is 13.8 Å². The zero-order valence-corrected chi connectivity index (χ0v) is 7.41. The number of aliphatic hydroxyl groups excluding tert-OH is 1. The van der Waals surface area contributed by atoms with E-state index in [1.807, 2.05) is 0 Å². The third kappa shape index (κ3) is 6.47. The van der Waals surface area contributed by atoms with Crippen molar-refractivity contribution >= 4 is 7.82 Å². The van der Waals surface area contributed by atoms with Crippen LogP contribution in [0, 0.1) is 5.41 Å². The zero-order valence-electron chi connectivity index (χ0n) is 6.52. The molecule has 0 radical (unpaired) electrons. The van der Waals surface area contributed by atoms with Gasteiger partial charge in [-0.2, -0.15) is 0 Å². The molecule has 3 N–H and O–H groups in total. The number of aliphatic hydroxyl groups is 1. The lowest BCUT2D eigenvalue weighted by molar-refractivity contribution is 0.0771. The molecule has 0 aromatic heterocycles. The molecule has 0 heterocycles. The van der Waals surface area contributed by atoms with E-state index in [1.54, 1.807) is 13.8 Å². The van der Waals surface area contributed by atoms with Crippen LogP contribution in [0.25, 0.3) is 0 Å². The van der Waals surface area contributed by atoms with Crippen LogP contribution >= 0.6 is 7.82 Å². The van der Waals surface area contributed by atoms with Crippen molar-refractivity contribution in [3.05, 3.63) is 0 Å². The van der Waals surface area contributed by atoms with Crippen molar-refractivity contribution in [3.63, 3.8) is 0 Å². The lowest BCUT2D eigenvalue weighted by atomic mass is 9.97. The maximum atomic E-state index is 10.2. The summed E-state index contributed by atoms with van der Waals surface area (Å²) in [5, 5.41) is 8.66. The predicted molar refractivity (Wildman–Crippen MR) is 38.9 cm³/mol. The summed E-state index contributed by atoms with van der Waals surface area (Å²) in [6.07, 6.45) is 0. The molecule has 68 valence electrons. The molecule has 0 aliphatic heterocycles. The van der Waals surface area contributed by atoms with Crippen LogP contribution in [0.5, 0.6) is 0 Å². The average Bonchev–Trinajstić information content (AvgIpc) is 1.83. The highest BCUT2D eigenvalue weighted by molar-refractivity contribution is 7.46. The minimum atomic E-state index is -4.39. The van der Waals surface area contributed by atoms with Crippen LogP contribution < -0.4 is 0 Å². The maximum Gasteiger partial charge on any atom is 0.469 e. The maximum absolute atomic E-state index is 10.2. The van der Waals surface area contributed by atoms with E-state index in [9.17, 15) is 4.57 Å². The Hall–Kier alpha value is 0.0700. The van der Waals surface area contributed by atoms with Crippen molar-refractivity contribution in [1.29, 1.82) is 0 Å². The van der Waals surface area contributed by atoms with Crippen LogP contribution in [0.3, 0.4) is 0 Å². The standard InChI is InChI=1S/C5H13O5P/c1-5(2,3-6)4-10-11(7,8)9/h6H,3-4H2,1-2H3,(H2,7,8,9). The fourth-order valence-corrected chi connectivity index (χ4v) is 0.822. The van der Waals surface area contributed by atoms with Gasteiger partial charge in [-0.3, -0.25) is 4.52 Å². The van der Waals surface area contributed by atoms with Gasteiger partial charge < -0.3 is 14.9 Å². The van der Waals surface area contributed by atoms with Gasteiger partial charge >= 0.3 is 7.82 Å². The lowest BCUT2D eigenvalue weighted by Gasteiger charge is -2.20. The van der Waals surface area contributed by atoms with Crippen LogP contribution in [-0.4, -0.2) is 28.1 Å². The van der Waals surface area contributed by atoms with Gasteiger partial charge in [0.15, 0.2) is 0 Å². The number of hydrogen-bond donors (Lipinski definition) is 3. The Balaban J connectivity index is 3.80.